The van der Waals surface area contributed by atoms with E-state index in [1.54, 1.807) is 66.7 Å². The number of sulfone groups is 1. The van der Waals surface area contributed by atoms with Crippen LogP contribution < -0.4 is 9.46 Å². The van der Waals surface area contributed by atoms with Crippen molar-refractivity contribution >= 4 is 47.9 Å². The Kier molecular flexibility index (Phi) is 6.87. The molecule has 0 bridgehead atoms. The van der Waals surface area contributed by atoms with Gasteiger partial charge in [0.25, 0.3) is 10.0 Å². The van der Waals surface area contributed by atoms with E-state index in [0.717, 1.165) is 24.3 Å². The Morgan fingerprint density at radius 1 is 0.762 bits per heavy atom. The lowest BCUT2D eigenvalue weighted by molar-refractivity contribution is 0.414. The summed E-state index contributed by atoms with van der Waals surface area (Å²) >= 11 is 0. The fourth-order valence-corrected chi connectivity index (χ4v) is 7.31. The average Bonchev–Trinajstić information content (AvgIpc) is 3.28. The summed E-state index contributed by atoms with van der Waals surface area (Å²) in [6.45, 7) is 0.0408. The first-order valence-corrected chi connectivity index (χ1v) is 15.6. The molecular weight excluding hydrogens is 579 g/mol. The number of methoxy groups -OCH3 is 1. The number of sulfonamides is 1. The van der Waals surface area contributed by atoms with Crippen molar-refractivity contribution in [3.8, 4) is 5.75 Å². The number of hydrogen-bond donors (Lipinski definition) is 1. The number of hydrogen-bond acceptors (Lipinski definition) is 7. The average molecular weight is 603 g/mol. The van der Waals surface area contributed by atoms with E-state index >= 15 is 0 Å². The second kappa shape index (κ2) is 10.5. The Morgan fingerprint density at radius 2 is 1.38 bits per heavy atom. The van der Waals surface area contributed by atoms with Gasteiger partial charge in [0, 0.05) is 0 Å². The van der Waals surface area contributed by atoms with E-state index < -0.39 is 25.7 Å². The molecule has 0 amide bonds. The molecular formula is C30H23FN4O5S2. The van der Waals surface area contributed by atoms with E-state index in [2.05, 4.69) is 9.71 Å². The Hall–Kier alpha value is -4.81. The number of aromatic nitrogens is 3. The molecule has 1 N–H and O–H groups in total. The highest BCUT2D eigenvalue weighted by atomic mass is 32.2. The van der Waals surface area contributed by atoms with Crippen LogP contribution in [-0.4, -0.2) is 38.5 Å². The third-order valence-corrected chi connectivity index (χ3v) is 9.86. The second-order valence-electron chi connectivity index (χ2n) is 9.37. The highest BCUT2D eigenvalue weighted by molar-refractivity contribution is 7.93. The lowest BCUT2D eigenvalue weighted by atomic mass is 10.2. The van der Waals surface area contributed by atoms with Crippen molar-refractivity contribution in [3.63, 3.8) is 0 Å². The van der Waals surface area contributed by atoms with Crippen LogP contribution in [0.15, 0.2) is 118 Å². The lowest BCUT2D eigenvalue weighted by Gasteiger charge is -2.15. The minimum Gasteiger partial charge on any atom is -0.497 e. The van der Waals surface area contributed by atoms with Crippen LogP contribution in [0.4, 0.5) is 10.2 Å². The van der Waals surface area contributed by atoms with E-state index in [1.807, 2.05) is 0 Å². The summed E-state index contributed by atoms with van der Waals surface area (Å²) in [5.74, 6) is -0.245. The van der Waals surface area contributed by atoms with Gasteiger partial charge in [0.2, 0.25) is 9.84 Å². The molecule has 9 nitrogen and oxygen atoms in total. The zero-order valence-corrected chi connectivity index (χ0v) is 23.7. The van der Waals surface area contributed by atoms with Crippen molar-refractivity contribution in [1.82, 2.24) is 14.5 Å². The standard InChI is InChI=1S/C30H23FN4O5S2/c1-40-22-15-11-20(12-16-22)19-35-29-27(32-25-9-5-6-10-26(25)33-29)28(41(36,37)23-7-3-2-4-8-23)30(35)34-42(38,39)24-17-13-21(31)14-18-24/h2-18,34H,19H2,1H3. The zero-order chi connectivity index (χ0) is 29.5. The van der Waals surface area contributed by atoms with Gasteiger partial charge in [-0.25, -0.2) is 31.2 Å². The molecule has 0 atom stereocenters. The molecule has 0 unspecified atom stereocenters. The fraction of sp³-hybridized carbons (Fsp3) is 0.0667. The lowest BCUT2D eigenvalue weighted by Crippen LogP contribution is -2.18. The van der Waals surface area contributed by atoms with E-state index in [1.165, 1.54) is 23.8 Å². The summed E-state index contributed by atoms with van der Waals surface area (Å²) in [6, 6.07) is 25.9. The summed E-state index contributed by atoms with van der Waals surface area (Å²) in [5.41, 5.74) is 1.81. The van der Waals surface area contributed by atoms with Crippen molar-refractivity contribution in [2.24, 2.45) is 0 Å². The molecule has 0 aliphatic rings. The quantitative estimate of drug-likeness (QED) is 0.247. The van der Waals surface area contributed by atoms with Gasteiger partial charge in [-0.3, -0.25) is 4.72 Å². The number of halogens is 1. The van der Waals surface area contributed by atoms with E-state index in [-0.39, 0.29) is 38.2 Å². The van der Waals surface area contributed by atoms with Gasteiger partial charge in [0.15, 0.2) is 5.65 Å². The van der Waals surface area contributed by atoms with Crippen LogP contribution in [0.1, 0.15) is 5.56 Å². The predicted octanol–water partition coefficient (Wildman–Crippen LogP) is 5.41. The molecule has 2 heterocycles. The van der Waals surface area contributed by atoms with Gasteiger partial charge in [0.05, 0.1) is 34.5 Å². The van der Waals surface area contributed by atoms with Crippen LogP contribution in [0.25, 0.3) is 22.2 Å². The first kappa shape index (κ1) is 27.4. The minimum atomic E-state index is -4.39. The number of para-hydroxylation sites is 2. The molecule has 0 aliphatic carbocycles. The summed E-state index contributed by atoms with van der Waals surface area (Å²) in [6.07, 6.45) is 0. The molecule has 0 saturated carbocycles. The minimum absolute atomic E-state index is 0.00266. The first-order valence-electron chi connectivity index (χ1n) is 12.7. The first-order chi connectivity index (χ1) is 20.2. The van der Waals surface area contributed by atoms with E-state index in [9.17, 15) is 21.2 Å². The fourth-order valence-electron chi connectivity index (χ4n) is 4.61. The molecule has 0 radical (unpaired) electrons. The molecule has 12 heteroatoms. The van der Waals surface area contributed by atoms with Gasteiger partial charge in [-0.1, -0.05) is 42.5 Å². The van der Waals surface area contributed by atoms with Gasteiger partial charge >= 0.3 is 0 Å². The third-order valence-electron chi connectivity index (χ3n) is 6.68. The third kappa shape index (κ3) is 4.95. The molecule has 0 aliphatic heterocycles. The van der Waals surface area contributed by atoms with Crippen LogP contribution in [0.5, 0.6) is 5.75 Å². The molecule has 6 rings (SSSR count). The Morgan fingerprint density at radius 3 is 2.02 bits per heavy atom. The van der Waals surface area contributed by atoms with Gasteiger partial charge in [-0.15, -0.1) is 0 Å². The summed E-state index contributed by atoms with van der Waals surface area (Å²) < 4.78 is 78.6. The molecule has 0 spiro atoms. The van der Waals surface area contributed by atoms with Crippen LogP contribution in [0, 0.1) is 5.82 Å². The number of nitrogens with zero attached hydrogens (tertiary/aromatic N) is 3. The SMILES string of the molecule is COc1ccc(Cn2c(NS(=O)(=O)c3ccc(F)cc3)c(S(=O)(=O)c3ccccc3)c3nc4ccccc4nc32)cc1. The molecule has 0 saturated heterocycles. The maximum Gasteiger partial charge on any atom is 0.263 e. The van der Waals surface area contributed by atoms with Gasteiger partial charge < -0.3 is 9.30 Å². The monoisotopic (exact) mass is 602 g/mol. The Bertz CT molecular complexity index is 2150. The molecule has 0 fully saturated rings. The van der Waals surface area contributed by atoms with Crippen LogP contribution in [0.3, 0.4) is 0 Å². The van der Waals surface area contributed by atoms with Gasteiger partial charge in [0.1, 0.15) is 27.8 Å². The van der Waals surface area contributed by atoms with Crippen molar-refractivity contribution in [2.45, 2.75) is 21.2 Å². The van der Waals surface area contributed by atoms with Gasteiger partial charge in [-0.2, -0.15) is 0 Å². The number of fused-ring (bicyclic) bond motifs is 2. The van der Waals surface area contributed by atoms with Crippen molar-refractivity contribution in [3.05, 3.63) is 115 Å². The van der Waals surface area contributed by atoms with Crippen molar-refractivity contribution in [1.29, 1.82) is 0 Å². The predicted molar refractivity (Wildman–Crippen MR) is 156 cm³/mol. The van der Waals surface area contributed by atoms with Crippen molar-refractivity contribution < 1.29 is 26.0 Å². The summed E-state index contributed by atoms with van der Waals surface area (Å²) in [5, 5.41) is 0. The van der Waals surface area contributed by atoms with Crippen LogP contribution in [-0.2, 0) is 26.4 Å². The number of anilines is 1. The Balaban J connectivity index is 1.67. The smallest absolute Gasteiger partial charge is 0.263 e. The molecule has 212 valence electrons. The largest absolute Gasteiger partial charge is 0.497 e. The zero-order valence-electron chi connectivity index (χ0n) is 22.1. The highest BCUT2D eigenvalue weighted by Gasteiger charge is 2.33. The van der Waals surface area contributed by atoms with Crippen molar-refractivity contribution in [2.75, 3.05) is 11.8 Å². The highest BCUT2D eigenvalue weighted by Crippen LogP contribution is 2.38. The van der Waals surface area contributed by atoms with Crippen LogP contribution in [0.2, 0.25) is 0 Å². The molecule has 42 heavy (non-hydrogen) atoms. The van der Waals surface area contributed by atoms with E-state index in [4.69, 9.17) is 9.72 Å². The van der Waals surface area contributed by atoms with Gasteiger partial charge in [-0.05, 0) is 66.2 Å². The topological polar surface area (TPSA) is 120 Å². The molecule has 4 aromatic carbocycles. The number of benzene rings is 4. The number of ether oxygens (including phenoxy) is 1. The van der Waals surface area contributed by atoms with E-state index in [0.29, 0.717) is 22.3 Å². The normalized spacial score (nSPS) is 12.0. The number of rotatable bonds is 8. The maximum absolute atomic E-state index is 14.2. The van der Waals surface area contributed by atoms with Crippen LogP contribution >= 0.6 is 0 Å². The second-order valence-corrected chi connectivity index (χ2v) is 12.9. The summed E-state index contributed by atoms with van der Waals surface area (Å²) in [7, 11) is -7.19. The maximum atomic E-state index is 14.2. The number of nitrogens with one attached hydrogen (secondary N) is 1. The Labute approximate surface area is 241 Å². The molecule has 6 aromatic rings. The summed E-state index contributed by atoms with van der Waals surface area (Å²) in [4.78, 5) is 8.76. The molecule has 2 aromatic heterocycles.